The van der Waals surface area contributed by atoms with Gasteiger partial charge < -0.3 is 20.1 Å². The summed E-state index contributed by atoms with van der Waals surface area (Å²) in [6.07, 6.45) is 1.71. The fourth-order valence-corrected chi connectivity index (χ4v) is 2.66. The summed E-state index contributed by atoms with van der Waals surface area (Å²) in [7, 11) is 1.64. The maximum Gasteiger partial charge on any atom is 0.317 e. The summed E-state index contributed by atoms with van der Waals surface area (Å²) < 4.78 is 5.15. The number of aliphatic hydroxyl groups is 1. The Hall–Kier alpha value is -1.75. The van der Waals surface area contributed by atoms with Gasteiger partial charge in [0.2, 0.25) is 0 Å². The third-order valence-electron chi connectivity index (χ3n) is 4.06. The Balaban J connectivity index is 1.96. The average Bonchev–Trinajstić information content (AvgIpc) is 3.01. The fourth-order valence-electron chi connectivity index (χ4n) is 2.66. The number of carbonyl (C=O) groups excluding carboxylic acids is 1. The van der Waals surface area contributed by atoms with Gasteiger partial charge in [-0.05, 0) is 30.5 Å². The van der Waals surface area contributed by atoms with Gasteiger partial charge in [-0.25, -0.2) is 4.79 Å². The molecule has 0 bridgehead atoms. The number of hydrogen-bond acceptors (Lipinski definition) is 3. The SMILES string of the molecule is CCC(NC(=O)N1CCC(CO)C1)c1ccc(OC)cc1. The van der Waals surface area contributed by atoms with E-state index in [1.807, 2.05) is 24.3 Å². The van der Waals surface area contributed by atoms with Crippen LogP contribution in [0.25, 0.3) is 0 Å². The van der Waals surface area contributed by atoms with E-state index in [1.54, 1.807) is 12.0 Å². The predicted octanol–water partition coefficient (Wildman–Crippen LogP) is 2.17. The fraction of sp³-hybridized carbons (Fsp3) is 0.562. The van der Waals surface area contributed by atoms with Crippen molar-refractivity contribution in [2.45, 2.75) is 25.8 Å². The molecule has 1 saturated heterocycles. The highest BCUT2D eigenvalue weighted by molar-refractivity contribution is 5.75. The first-order valence-corrected chi connectivity index (χ1v) is 7.48. The quantitative estimate of drug-likeness (QED) is 0.874. The average molecular weight is 292 g/mol. The molecule has 0 aliphatic carbocycles. The van der Waals surface area contributed by atoms with Crippen LogP contribution in [0, 0.1) is 5.92 Å². The second-order valence-corrected chi connectivity index (χ2v) is 5.47. The Morgan fingerprint density at radius 3 is 2.71 bits per heavy atom. The molecular formula is C16H24N2O3. The van der Waals surface area contributed by atoms with Gasteiger partial charge >= 0.3 is 6.03 Å². The minimum Gasteiger partial charge on any atom is -0.497 e. The summed E-state index contributed by atoms with van der Waals surface area (Å²) in [6.45, 7) is 3.56. The Kier molecular flexibility index (Phi) is 5.44. The lowest BCUT2D eigenvalue weighted by atomic mass is 10.0. The topological polar surface area (TPSA) is 61.8 Å². The number of carbonyl (C=O) groups is 1. The summed E-state index contributed by atoms with van der Waals surface area (Å²) in [6, 6.07) is 7.72. The lowest BCUT2D eigenvalue weighted by Crippen LogP contribution is -2.40. The number of rotatable bonds is 5. The van der Waals surface area contributed by atoms with Gasteiger partial charge in [-0.2, -0.15) is 0 Å². The molecule has 2 amide bonds. The number of methoxy groups -OCH3 is 1. The molecular weight excluding hydrogens is 268 g/mol. The number of urea groups is 1. The minimum atomic E-state index is -0.0476. The van der Waals surface area contributed by atoms with Crippen LogP contribution in [0.3, 0.4) is 0 Å². The second kappa shape index (κ2) is 7.31. The molecule has 1 aliphatic rings. The standard InChI is InChI=1S/C16H24N2O3/c1-3-15(13-4-6-14(21-2)7-5-13)17-16(20)18-9-8-12(10-18)11-19/h4-7,12,15,19H,3,8-11H2,1-2H3,(H,17,20). The van der Waals surface area contributed by atoms with Crippen LogP contribution in [0.2, 0.25) is 0 Å². The second-order valence-electron chi connectivity index (χ2n) is 5.47. The smallest absolute Gasteiger partial charge is 0.317 e. The lowest BCUT2D eigenvalue weighted by Gasteiger charge is -2.23. The van der Waals surface area contributed by atoms with Crippen molar-refractivity contribution in [3.8, 4) is 5.75 Å². The first-order valence-electron chi connectivity index (χ1n) is 7.48. The van der Waals surface area contributed by atoms with E-state index in [0.29, 0.717) is 6.54 Å². The molecule has 0 spiro atoms. The first-order chi connectivity index (χ1) is 10.2. The number of benzene rings is 1. The molecule has 1 fully saturated rings. The van der Waals surface area contributed by atoms with Gasteiger partial charge in [0.05, 0.1) is 13.2 Å². The van der Waals surface area contributed by atoms with Gasteiger partial charge in [-0.3, -0.25) is 0 Å². The largest absolute Gasteiger partial charge is 0.497 e. The molecule has 2 atom stereocenters. The number of nitrogens with one attached hydrogen (secondary N) is 1. The zero-order chi connectivity index (χ0) is 15.2. The van der Waals surface area contributed by atoms with Gasteiger partial charge in [0.1, 0.15) is 5.75 Å². The minimum absolute atomic E-state index is 0.00316. The number of hydrogen-bond donors (Lipinski definition) is 2. The normalized spacial score (nSPS) is 19.4. The van der Waals surface area contributed by atoms with E-state index in [9.17, 15) is 4.79 Å². The summed E-state index contributed by atoms with van der Waals surface area (Å²) >= 11 is 0. The van der Waals surface area contributed by atoms with Crippen molar-refractivity contribution in [1.29, 1.82) is 0 Å². The van der Waals surface area contributed by atoms with Gasteiger partial charge in [-0.15, -0.1) is 0 Å². The van der Waals surface area contributed by atoms with Crippen LogP contribution in [0.1, 0.15) is 31.4 Å². The molecule has 1 aromatic carbocycles. The van der Waals surface area contributed by atoms with Crippen LogP contribution in [0.15, 0.2) is 24.3 Å². The summed E-state index contributed by atoms with van der Waals surface area (Å²) in [4.78, 5) is 14.1. The van der Waals surface area contributed by atoms with Crippen molar-refractivity contribution in [2.75, 3.05) is 26.8 Å². The summed E-state index contributed by atoms with van der Waals surface area (Å²) in [5.41, 5.74) is 1.07. The third-order valence-corrected chi connectivity index (χ3v) is 4.06. The number of nitrogens with zero attached hydrogens (tertiary/aromatic N) is 1. The van der Waals surface area contributed by atoms with Crippen molar-refractivity contribution >= 4 is 6.03 Å². The molecule has 1 aromatic rings. The van der Waals surface area contributed by atoms with E-state index in [0.717, 1.165) is 30.7 Å². The van der Waals surface area contributed by atoms with E-state index in [-0.39, 0.29) is 24.6 Å². The van der Waals surface area contributed by atoms with Crippen molar-refractivity contribution in [2.24, 2.45) is 5.92 Å². The monoisotopic (exact) mass is 292 g/mol. The molecule has 5 heteroatoms. The number of likely N-dealkylation sites (tertiary alicyclic amines) is 1. The highest BCUT2D eigenvalue weighted by Gasteiger charge is 2.26. The van der Waals surface area contributed by atoms with E-state index < -0.39 is 0 Å². The van der Waals surface area contributed by atoms with Crippen molar-refractivity contribution in [3.63, 3.8) is 0 Å². The highest BCUT2D eigenvalue weighted by atomic mass is 16.5. The Morgan fingerprint density at radius 1 is 1.48 bits per heavy atom. The van der Waals surface area contributed by atoms with Gasteiger partial charge in [-0.1, -0.05) is 19.1 Å². The van der Waals surface area contributed by atoms with E-state index in [2.05, 4.69) is 12.2 Å². The molecule has 1 heterocycles. The van der Waals surface area contributed by atoms with E-state index >= 15 is 0 Å². The Bertz CT molecular complexity index is 461. The maximum absolute atomic E-state index is 12.3. The van der Waals surface area contributed by atoms with Crippen LogP contribution in [-0.2, 0) is 0 Å². The van der Waals surface area contributed by atoms with Crippen LogP contribution >= 0.6 is 0 Å². The highest BCUT2D eigenvalue weighted by Crippen LogP contribution is 2.21. The van der Waals surface area contributed by atoms with Crippen LogP contribution < -0.4 is 10.1 Å². The van der Waals surface area contributed by atoms with Crippen LogP contribution in [0.5, 0.6) is 5.75 Å². The van der Waals surface area contributed by atoms with E-state index in [1.165, 1.54) is 0 Å². The predicted molar refractivity (Wildman–Crippen MR) is 81.3 cm³/mol. The van der Waals surface area contributed by atoms with Gasteiger partial charge in [0, 0.05) is 25.6 Å². The van der Waals surface area contributed by atoms with Crippen LogP contribution in [0.4, 0.5) is 4.79 Å². The van der Waals surface area contributed by atoms with Crippen molar-refractivity contribution < 1.29 is 14.6 Å². The maximum atomic E-state index is 12.3. The zero-order valence-electron chi connectivity index (χ0n) is 12.7. The molecule has 0 saturated carbocycles. The van der Waals surface area contributed by atoms with Gasteiger partial charge in [0.15, 0.2) is 0 Å². The molecule has 116 valence electrons. The van der Waals surface area contributed by atoms with E-state index in [4.69, 9.17) is 9.84 Å². The zero-order valence-corrected chi connectivity index (χ0v) is 12.7. The first kappa shape index (κ1) is 15.6. The Labute approximate surface area is 125 Å². The molecule has 1 aliphatic heterocycles. The molecule has 21 heavy (non-hydrogen) atoms. The van der Waals surface area contributed by atoms with Crippen molar-refractivity contribution in [3.05, 3.63) is 29.8 Å². The van der Waals surface area contributed by atoms with Crippen molar-refractivity contribution in [1.82, 2.24) is 10.2 Å². The summed E-state index contributed by atoms with van der Waals surface area (Å²) in [5, 5.41) is 12.2. The van der Waals surface area contributed by atoms with Crippen LogP contribution in [-0.4, -0.2) is 42.8 Å². The molecule has 2 unspecified atom stereocenters. The molecule has 0 aromatic heterocycles. The molecule has 0 radical (unpaired) electrons. The molecule has 5 nitrogen and oxygen atoms in total. The molecule has 2 N–H and O–H groups in total. The number of aliphatic hydroxyl groups excluding tert-OH is 1. The molecule has 2 rings (SSSR count). The lowest BCUT2D eigenvalue weighted by molar-refractivity contribution is 0.194. The Morgan fingerprint density at radius 2 is 2.19 bits per heavy atom. The summed E-state index contributed by atoms with van der Waals surface area (Å²) in [5.74, 6) is 1.03. The third kappa shape index (κ3) is 3.88. The number of amides is 2. The van der Waals surface area contributed by atoms with Gasteiger partial charge in [0.25, 0.3) is 0 Å². The number of ether oxygens (including phenoxy) is 1.